The van der Waals surface area contributed by atoms with Gasteiger partial charge in [0.05, 0.1) is 13.2 Å². The Morgan fingerprint density at radius 3 is 2.62 bits per heavy atom. The summed E-state index contributed by atoms with van der Waals surface area (Å²) in [5, 5.41) is 18.2. The molecule has 0 bridgehead atoms. The van der Waals surface area contributed by atoms with Crippen molar-refractivity contribution >= 4 is 18.6 Å². The van der Waals surface area contributed by atoms with Crippen molar-refractivity contribution in [2.24, 2.45) is 5.41 Å². The third-order valence-electron chi connectivity index (χ3n) is 4.79. The lowest BCUT2D eigenvalue weighted by molar-refractivity contribution is -0.134. The molecule has 2 rings (SSSR count). The predicted octanol–water partition coefficient (Wildman–Crippen LogP) is 2.04. The Bertz CT molecular complexity index is 522. The fourth-order valence-corrected chi connectivity index (χ4v) is 2.96. The van der Waals surface area contributed by atoms with Gasteiger partial charge in [-0.25, -0.2) is 0 Å². The molecular formula is C18H27BO5. The normalized spacial score (nSPS) is 15.6. The van der Waals surface area contributed by atoms with Crippen molar-refractivity contribution < 1.29 is 24.3 Å². The van der Waals surface area contributed by atoms with Crippen LogP contribution >= 0.6 is 0 Å². The maximum Gasteiger partial charge on any atom is 0.488 e. The first-order chi connectivity index (χ1) is 11.5. The van der Waals surface area contributed by atoms with E-state index in [-0.39, 0.29) is 5.97 Å². The average Bonchev–Trinajstić information content (AvgIpc) is 2.53. The molecule has 132 valence electrons. The molecule has 0 unspecified atom stereocenters. The Morgan fingerprint density at radius 1 is 1.25 bits per heavy atom. The van der Waals surface area contributed by atoms with E-state index in [0.29, 0.717) is 23.0 Å². The predicted molar refractivity (Wildman–Crippen MR) is 93.1 cm³/mol. The van der Waals surface area contributed by atoms with Crippen LogP contribution in [-0.4, -0.2) is 36.3 Å². The van der Waals surface area contributed by atoms with Crippen molar-refractivity contribution in [1.82, 2.24) is 0 Å². The summed E-state index contributed by atoms with van der Waals surface area (Å²) in [5.41, 5.74) is 0.728. The molecule has 0 aromatic heterocycles. The summed E-state index contributed by atoms with van der Waals surface area (Å²) < 4.78 is 10.6. The van der Waals surface area contributed by atoms with E-state index in [0.717, 1.165) is 32.5 Å². The van der Waals surface area contributed by atoms with Crippen LogP contribution in [0.3, 0.4) is 0 Å². The van der Waals surface area contributed by atoms with Gasteiger partial charge in [-0.2, -0.15) is 0 Å². The zero-order valence-corrected chi connectivity index (χ0v) is 14.4. The van der Waals surface area contributed by atoms with Gasteiger partial charge in [0.15, 0.2) is 0 Å². The molecule has 0 radical (unpaired) electrons. The molecule has 0 saturated carbocycles. The highest BCUT2D eigenvalue weighted by atomic mass is 16.5. The molecule has 2 N–H and O–H groups in total. The smallest absolute Gasteiger partial charge is 0.427 e. The van der Waals surface area contributed by atoms with E-state index < -0.39 is 7.12 Å². The fourth-order valence-electron chi connectivity index (χ4n) is 2.96. The van der Waals surface area contributed by atoms with Crippen molar-refractivity contribution in [2.75, 3.05) is 13.2 Å². The molecule has 1 fully saturated rings. The second-order valence-electron chi connectivity index (χ2n) is 6.68. The van der Waals surface area contributed by atoms with Gasteiger partial charge in [-0.1, -0.05) is 38.3 Å². The number of hydrogen-bond donors (Lipinski definition) is 2. The number of ether oxygens (including phenoxy) is 2. The lowest BCUT2D eigenvalue weighted by atomic mass is 9.78. The molecule has 0 atom stereocenters. The number of benzene rings is 1. The summed E-state index contributed by atoms with van der Waals surface area (Å²) in [7, 11) is -1.56. The summed E-state index contributed by atoms with van der Waals surface area (Å²) in [6.45, 7) is 4.03. The molecule has 1 aromatic rings. The summed E-state index contributed by atoms with van der Waals surface area (Å²) in [4.78, 5) is 11.8. The molecule has 24 heavy (non-hydrogen) atoms. The third-order valence-corrected chi connectivity index (χ3v) is 4.79. The first-order valence-corrected chi connectivity index (χ1v) is 8.79. The van der Waals surface area contributed by atoms with E-state index >= 15 is 0 Å². The minimum Gasteiger partial charge on any atom is -0.427 e. The van der Waals surface area contributed by atoms with Crippen LogP contribution in [0.2, 0.25) is 0 Å². The highest BCUT2D eigenvalue weighted by molar-refractivity contribution is 6.58. The maximum absolute atomic E-state index is 11.8. The summed E-state index contributed by atoms with van der Waals surface area (Å²) in [6, 6.07) is 6.30. The van der Waals surface area contributed by atoms with Gasteiger partial charge in [-0.3, -0.25) is 4.79 Å². The van der Waals surface area contributed by atoms with Crippen molar-refractivity contribution in [1.29, 1.82) is 0 Å². The van der Waals surface area contributed by atoms with Gasteiger partial charge in [-0.05, 0) is 36.9 Å². The van der Waals surface area contributed by atoms with E-state index in [1.165, 1.54) is 25.3 Å². The molecule has 1 heterocycles. The van der Waals surface area contributed by atoms with Crippen LogP contribution in [0.25, 0.3) is 0 Å². The van der Waals surface area contributed by atoms with Gasteiger partial charge in [0.1, 0.15) is 5.75 Å². The molecular weight excluding hydrogens is 307 g/mol. The minimum absolute atomic E-state index is 0.281. The van der Waals surface area contributed by atoms with Crippen molar-refractivity contribution in [2.45, 2.75) is 51.9 Å². The average molecular weight is 334 g/mol. The van der Waals surface area contributed by atoms with Crippen molar-refractivity contribution in [3.63, 3.8) is 0 Å². The number of hydrogen-bond acceptors (Lipinski definition) is 5. The Hall–Kier alpha value is -1.37. The highest BCUT2D eigenvalue weighted by Gasteiger charge is 2.35. The first kappa shape index (κ1) is 19.0. The van der Waals surface area contributed by atoms with E-state index in [1.54, 1.807) is 18.2 Å². The molecule has 1 aromatic carbocycles. The molecule has 1 aliphatic heterocycles. The topological polar surface area (TPSA) is 76.0 Å². The third kappa shape index (κ3) is 5.62. The number of carbonyl (C=O) groups excluding carboxylic acids is 1. The van der Waals surface area contributed by atoms with Crippen LogP contribution < -0.4 is 10.2 Å². The molecule has 1 aliphatic rings. The van der Waals surface area contributed by atoms with Crippen LogP contribution in [0.15, 0.2) is 24.3 Å². The van der Waals surface area contributed by atoms with E-state index in [1.807, 2.05) is 0 Å². The van der Waals surface area contributed by atoms with E-state index in [4.69, 9.17) is 19.5 Å². The zero-order valence-electron chi connectivity index (χ0n) is 14.4. The van der Waals surface area contributed by atoms with E-state index in [9.17, 15) is 4.79 Å². The van der Waals surface area contributed by atoms with Gasteiger partial charge in [0.2, 0.25) is 0 Å². The molecule has 0 aliphatic carbocycles. The first-order valence-electron chi connectivity index (χ1n) is 8.79. The summed E-state index contributed by atoms with van der Waals surface area (Å²) in [6.07, 6.45) is 6.92. The Labute approximate surface area is 144 Å². The van der Waals surface area contributed by atoms with Crippen LogP contribution in [0, 0.1) is 5.41 Å². The lowest BCUT2D eigenvalue weighted by Gasteiger charge is -2.41. The number of carbonyl (C=O) groups is 1. The van der Waals surface area contributed by atoms with Crippen LogP contribution in [-0.2, 0) is 9.53 Å². The highest BCUT2D eigenvalue weighted by Crippen LogP contribution is 2.36. The van der Waals surface area contributed by atoms with Gasteiger partial charge >= 0.3 is 13.1 Å². The van der Waals surface area contributed by atoms with Gasteiger partial charge in [-0.15, -0.1) is 0 Å². The number of rotatable bonds is 10. The van der Waals surface area contributed by atoms with Crippen LogP contribution in [0.5, 0.6) is 5.75 Å². The van der Waals surface area contributed by atoms with Crippen LogP contribution in [0.1, 0.15) is 51.9 Å². The molecule has 5 nitrogen and oxygen atoms in total. The SMILES string of the molecule is CCC1(CCCCCCC(=O)Oc2cccc(B(O)O)c2)COC1. The molecule has 6 heteroatoms. The molecule has 0 amide bonds. The Morgan fingerprint density at radius 2 is 2.00 bits per heavy atom. The summed E-state index contributed by atoms with van der Waals surface area (Å²) in [5.74, 6) is 0.0671. The quantitative estimate of drug-likeness (QED) is 0.296. The molecule has 0 spiro atoms. The van der Waals surface area contributed by atoms with Crippen LogP contribution in [0.4, 0.5) is 0 Å². The van der Waals surface area contributed by atoms with Gasteiger partial charge < -0.3 is 19.5 Å². The van der Waals surface area contributed by atoms with Gasteiger partial charge in [0, 0.05) is 11.8 Å². The van der Waals surface area contributed by atoms with E-state index in [2.05, 4.69) is 6.92 Å². The number of esters is 1. The monoisotopic (exact) mass is 334 g/mol. The lowest BCUT2D eigenvalue weighted by Crippen LogP contribution is -2.41. The second-order valence-corrected chi connectivity index (χ2v) is 6.68. The maximum atomic E-state index is 11.8. The van der Waals surface area contributed by atoms with Crippen molar-refractivity contribution in [3.05, 3.63) is 24.3 Å². The largest absolute Gasteiger partial charge is 0.488 e. The standard InChI is InChI=1S/C18H27BO5/c1-2-18(13-23-14-18)11-6-4-3-5-10-17(20)24-16-9-7-8-15(12-16)19(21)22/h7-9,12,21-22H,2-6,10-11,13-14H2,1H3. The second kappa shape index (κ2) is 9.21. The fraction of sp³-hybridized carbons (Fsp3) is 0.611. The Balaban J connectivity index is 1.59. The number of unbranched alkanes of at least 4 members (excludes halogenated alkanes) is 3. The van der Waals surface area contributed by atoms with Crippen molar-refractivity contribution in [3.8, 4) is 5.75 Å². The Kier molecular flexibility index (Phi) is 7.27. The zero-order chi connectivity index (χ0) is 17.4. The summed E-state index contributed by atoms with van der Waals surface area (Å²) >= 11 is 0. The molecule has 1 saturated heterocycles. The van der Waals surface area contributed by atoms with Gasteiger partial charge in [0.25, 0.3) is 0 Å². The minimum atomic E-state index is -1.56.